The fourth-order valence-corrected chi connectivity index (χ4v) is 4.67. The summed E-state index contributed by atoms with van der Waals surface area (Å²) < 4.78 is 22.2. The van der Waals surface area contributed by atoms with Crippen LogP contribution >= 0.6 is 0 Å². The normalized spacial score (nSPS) is 16.8. The second-order valence-electron chi connectivity index (χ2n) is 9.41. The van der Waals surface area contributed by atoms with Crippen molar-refractivity contribution in [2.45, 2.75) is 38.7 Å². The molecule has 0 bridgehead atoms. The first-order valence-electron chi connectivity index (χ1n) is 12.3. The second kappa shape index (κ2) is 10.0. The number of hydrogen-bond acceptors (Lipinski definition) is 7. The number of carbonyl (C=O) groups excluding carboxylic acids is 2. The summed E-state index contributed by atoms with van der Waals surface area (Å²) in [5.74, 6) is 1.43. The van der Waals surface area contributed by atoms with E-state index in [1.807, 2.05) is 54.6 Å². The van der Waals surface area contributed by atoms with E-state index in [2.05, 4.69) is 12.2 Å². The van der Waals surface area contributed by atoms with E-state index in [1.165, 1.54) is 6.07 Å². The van der Waals surface area contributed by atoms with Gasteiger partial charge < -0.3 is 18.6 Å². The molecule has 194 valence electrons. The lowest BCUT2D eigenvalue weighted by atomic mass is 9.96. The summed E-state index contributed by atoms with van der Waals surface area (Å²) in [6, 6.07) is 20.1. The highest BCUT2D eigenvalue weighted by Crippen LogP contribution is 2.35. The predicted octanol–water partition coefficient (Wildman–Crippen LogP) is 5.78. The lowest BCUT2D eigenvalue weighted by Crippen LogP contribution is -2.38. The first-order chi connectivity index (χ1) is 18.3. The third-order valence-corrected chi connectivity index (χ3v) is 6.52. The fraction of sp³-hybridized carbons (Fsp3) is 0.233. The van der Waals surface area contributed by atoms with Gasteiger partial charge >= 0.3 is 11.7 Å². The number of fused-ring (bicyclic) bond motifs is 1. The van der Waals surface area contributed by atoms with Crippen molar-refractivity contribution in [3.8, 4) is 28.4 Å². The van der Waals surface area contributed by atoms with E-state index in [0.29, 0.717) is 22.8 Å². The van der Waals surface area contributed by atoms with Crippen LogP contribution in [-0.4, -0.2) is 24.7 Å². The highest BCUT2D eigenvalue weighted by atomic mass is 16.6. The number of amides is 2. The SMILES string of the molecule is CCCc1cc(-c2cc(=O)oc3cc(OC)ccc23)ccc1Oc1cccc(C[C@@]2(C)OC(=O)NC2=O)c1. The number of rotatable bonds is 8. The number of ether oxygens (including phenoxy) is 3. The molecule has 0 aliphatic carbocycles. The largest absolute Gasteiger partial charge is 0.497 e. The van der Waals surface area contributed by atoms with Gasteiger partial charge in [0.2, 0.25) is 0 Å². The molecule has 5 rings (SSSR count). The Balaban J connectivity index is 1.46. The molecule has 1 aromatic heterocycles. The molecule has 8 heteroatoms. The predicted molar refractivity (Wildman–Crippen MR) is 142 cm³/mol. The van der Waals surface area contributed by atoms with Crippen molar-refractivity contribution >= 4 is 23.0 Å². The van der Waals surface area contributed by atoms with Gasteiger partial charge in [0, 0.05) is 23.9 Å². The van der Waals surface area contributed by atoms with Crippen LogP contribution in [0, 0.1) is 0 Å². The van der Waals surface area contributed by atoms with Crippen LogP contribution in [0.25, 0.3) is 22.1 Å². The molecule has 38 heavy (non-hydrogen) atoms. The van der Waals surface area contributed by atoms with Gasteiger partial charge in [-0.05, 0) is 72.0 Å². The van der Waals surface area contributed by atoms with Crippen molar-refractivity contribution in [2.24, 2.45) is 0 Å². The Bertz CT molecular complexity index is 1610. The number of methoxy groups -OCH3 is 1. The Hall–Kier alpha value is -4.59. The summed E-state index contributed by atoms with van der Waals surface area (Å²) in [5.41, 5.74) is 2.17. The fourth-order valence-electron chi connectivity index (χ4n) is 4.67. The highest BCUT2D eigenvalue weighted by Gasteiger charge is 2.44. The zero-order valence-electron chi connectivity index (χ0n) is 21.3. The van der Waals surface area contributed by atoms with Gasteiger partial charge in [0.05, 0.1) is 7.11 Å². The minimum absolute atomic E-state index is 0.219. The average Bonchev–Trinajstić information content (AvgIpc) is 3.14. The van der Waals surface area contributed by atoms with E-state index in [-0.39, 0.29) is 6.42 Å². The molecular formula is C30H27NO7. The van der Waals surface area contributed by atoms with Gasteiger partial charge in [-0.3, -0.25) is 10.1 Å². The third-order valence-electron chi connectivity index (χ3n) is 6.52. The van der Waals surface area contributed by atoms with Gasteiger partial charge in [-0.25, -0.2) is 9.59 Å². The van der Waals surface area contributed by atoms with E-state index in [9.17, 15) is 14.4 Å². The van der Waals surface area contributed by atoms with Crippen LogP contribution in [0.3, 0.4) is 0 Å². The van der Waals surface area contributed by atoms with Crippen LogP contribution in [0.4, 0.5) is 4.79 Å². The summed E-state index contributed by atoms with van der Waals surface area (Å²) in [7, 11) is 1.56. The van der Waals surface area contributed by atoms with E-state index in [4.69, 9.17) is 18.6 Å². The number of aryl methyl sites for hydroxylation is 1. The molecule has 0 unspecified atom stereocenters. The number of carbonyl (C=O) groups is 2. The van der Waals surface area contributed by atoms with E-state index in [0.717, 1.165) is 40.5 Å². The zero-order chi connectivity index (χ0) is 26.9. The summed E-state index contributed by atoms with van der Waals surface area (Å²) in [4.78, 5) is 36.0. The third kappa shape index (κ3) is 4.98. The van der Waals surface area contributed by atoms with Crippen LogP contribution in [0.5, 0.6) is 17.2 Å². The van der Waals surface area contributed by atoms with Crippen LogP contribution in [-0.2, 0) is 22.4 Å². The molecule has 1 fully saturated rings. The first-order valence-corrected chi connectivity index (χ1v) is 12.3. The Morgan fingerprint density at radius 3 is 2.53 bits per heavy atom. The van der Waals surface area contributed by atoms with E-state index >= 15 is 0 Å². The number of benzene rings is 3. The highest BCUT2D eigenvalue weighted by molar-refractivity contribution is 6.02. The van der Waals surface area contributed by atoms with Gasteiger partial charge in [0.25, 0.3) is 5.91 Å². The number of hydrogen-bond donors (Lipinski definition) is 1. The van der Waals surface area contributed by atoms with Gasteiger partial charge in [0.15, 0.2) is 5.60 Å². The van der Waals surface area contributed by atoms with Crippen LogP contribution in [0.1, 0.15) is 31.4 Å². The Kier molecular flexibility index (Phi) is 6.63. The van der Waals surface area contributed by atoms with Crippen molar-refractivity contribution in [1.29, 1.82) is 0 Å². The number of nitrogens with one attached hydrogen (secondary N) is 1. The standard InChI is InChI=1S/C30H27NO7/c1-4-6-20-14-19(24-16-27(32)37-26-15-21(35-3)10-11-23(24)26)9-12-25(20)36-22-8-5-7-18(13-22)17-30(2)28(33)31-29(34)38-30/h5,7-16H,4,6,17H2,1-3H3,(H,31,33,34)/t30-/m1/s1. The molecule has 1 aliphatic rings. The average molecular weight is 514 g/mol. The Morgan fingerprint density at radius 1 is 0.947 bits per heavy atom. The molecule has 1 N–H and O–H groups in total. The van der Waals surface area contributed by atoms with Crippen LogP contribution in [0.15, 0.2) is 75.9 Å². The summed E-state index contributed by atoms with van der Waals surface area (Å²) in [6.07, 6.45) is 1.15. The maximum absolute atomic E-state index is 12.3. The van der Waals surface area contributed by atoms with Gasteiger partial charge in [-0.1, -0.05) is 31.5 Å². The molecule has 4 aromatic rings. The number of alkyl carbamates (subject to hydrolysis) is 1. The minimum Gasteiger partial charge on any atom is -0.497 e. The van der Waals surface area contributed by atoms with Gasteiger partial charge in [-0.15, -0.1) is 0 Å². The molecule has 0 spiro atoms. The lowest BCUT2D eigenvalue weighted by molar-refractivity contribution is -0.129. The van der Waals surface area contributed by atoms with Crippen molar-refractivity contribution in [1.82, 2.24) is 5.32 Å². The molecule has 1 atom stereocenters. The quantitative estimate of drug-likeness (QED) is 0.298. The van der Waals surface area contributed by atoms with Crippen LogP contribution < -0.4 is 20.4 Å². The second-order valence-corrected chi connectivity index (χ2v) is 9.41. The summed E-state index contributed by atoms with van der Waals surface area (Å²) in [6.45, 7) is 3.67. The van der Waals surface area contributed by atoms with Crippen LogP contribution in [0.2, 0.25) is 0 Å². The maximum atomic E-state index is 12.3. The lowest BCUT2D eigenvalue weighted by Gasteiger charge is -2.19. The Labute approximate surface area is 219 Å². The van der Waals surface area contributed by atoms with Crippen molar-refractivity contribution in [3.05, 3.63) is 88.3 Å². The zero-order valence-corrected chi connectivity index (χ0v) is 21.3. The van der Waals surface area contributed by atoms with E-state index < -0.39 is 23.2 Å². The minimum atomic E-state index is -1.26. The van der Waals surface area contributed by atoms with E-state index in [1.54, 1.807) is 20.1 Å². The number of cyclic esters (lactones) is 1. The van der Waals surface area contributed by atoms with Gasteiger partial charge in [-0.2, -0.15) is 0 Å². The monoisotopic (exact) mass is 513 g/mol. The molecule has 8 nitrogen and oxygen atoms in total. The van der Waals surface area contributed by atoms with Crippen molar-refractivity contribution in [2.75, 3.05) is 7.11 Å². The molecule has 3 aromatic carbocycles. The Morgan fingerprint density at radius 2 is 1.79 bits per heavy atom. The van der Waals surface area contributed by atoms with Crippen molar-refractivity contribution in [3.63, 3.8) is 0 Å². The molecule has 1 aliphatic heterocycles. The smallest absolute Gasteiger partial charge is 0.415 e. The molecule has 1 saturated heterocycles. The first kappa shape index (κ1) is 25.1. The maximum Gasteiger partial charge on any atom is 0.415 e. The van der Waals surface area contributed by atoms with Crippen molar-refractivity contribution < 1.29 is 28.2 Å². The summed E-state index contributed by atoms with van der Waals surface area (Å²) in [5, 5.41) is 2.98. The molecular weight excluding hydrogens is 486 g/mol. The number of imide groups is 1. The molecule has 0 saturated carbocycles. The molecule has 2 heterocycles. The molecule has 2 amide bonds. The van der Waals surface area contributed by atoms with Gasteiger partial charge in [0.1, 0.15) is 22.8 Å². The molecule has 0 radical (unpaired) electrons. The summed E-state index contributed by atoms with van der Waals surface area (Å²) >= 11 is 0. The topological polar surface area (TPSA) is 104 Å².